The number of carboxylic acids is 4. The number of phenols is 4. The lowest BCUT2D eigenvalue weighted by molar-refractivity contribution is -0.140. The van der Waals surface area contributed by atoms with Gasteiger partial charge in [-0.25, -0.2) is 0 Å². The number of amides is 4. The van der Waals surface area contributed by atoms with E-state index in [1.54, 1.807) is 6.20 Å². The minimum absolute atomic E-state index is 0.00800. The third-order valence-corrected chi connectivity index (χ3v) is 12.6. The van der Waals surface area contributed by atoms with Gasteiger partial charge < -0.3 is 95.0 Å². The number of hydrogen-bond acceptors (Lipinski definition) is 18. The maximum absolute atomic E-state index is 13.2. The van der Waals surface area contributed by atoms with Crippen LogP contribution in [0.5, 0.6) is 23.0 Å². The van der Waals surface area contributed by atoms with Gasteiger partial charge in [0, 0.05) is 47.4 Å². The Morgan fingerprint density at radius 2 is 1.15 bits per heavy atom. The number of aromatic hydroxyl groups is 4. The first-order valence-corrected chi connectivity index (χ1v) is 22.5. The summed E-state index contributed by atoms with van der Waals surface area (Å²) < 4.78 is 0. The van der Waals surface area contributed by atoms with Crippen molar-refractivity contribution in [3.63, 3.8) is 0 Å². The molecule has 0 saturated heterocycles. The van der Waals surface area contributed by atoms with E-state index in [-0.39, 0.29) is 82.0 Å². The van der Waals surface area contributed by atoms with Gasteiger partial charge in [0.1, 0.15) is 37.3 Å². The van der Waals surface area contributed by atoms with Gasteiger partial charge in [0.2, 0.25) is 23.6 Å². The highest BCUT2D eigenvalue weighted by Gasteiger charge is 2.32. The van der Waals surface area contributed by atoms with Crippen LogP contribution in [0.4, 0.5) is 0 Å². The quantitative estimate of drug-likeness (QED) is 0.0229. The molecule has 68 heavy (non-hydrogen) atoms. The Kier molecular flexibility index (Phi) is 19.1. The van der Waals surface area contributed by atoms with Gasteiger partial charge in [-0.2, -0.15) is 0 Å². The summed E-state index contributed by atoms with van der Waals surface area (Å²) in [6, 6.07) is -4.57. The highest BCUT2D eigenvalue weighted by molar-refractivity contribution is 8.00. The molecule has 0 bridgehead atoms. The number of nitrogens with two attached hydrogens (primary N) is 4. The number of hydrogen-bond donors (Lipinski definition) is 18. The number of carbonyl (C=O) groups excluding carboxylic acids is 4. The van der Waals surface area contributed by atoms with Crippen molar-refractivity contribution in [3.8, 4) is 34.3 Å². The van der Waals surface area contributed by atoms with Crippen LogP contribution in [0.15, 0.2) is 22.1 Å². The van der Waals surface area contributed by atoms with E-state index in [0.717, 1.165) is 29.6 Å². The van der Waals surface area contributed by atoms with Gasteiger partial charge in [-0.05, 0) is 49.9 Å². The van der Waals surface area contributed by atoms with Crippen LogP contribution in [0.1, 0.15) is 36.8 Å². The fraction of sp³-hybridized carbons (Fsp3) is 0.400. The maximum Gasteiger partial charge on any atom is 0.322 e. The molecular weight excluding hydrogens is 941 g/mol. The summed E-state index contributed by atoms with van der Waals surface area (Å²) in [4.78, 5) is 103. The Morgan fingerprint density at radius 1 is 0.662 bits per heavy atom. The molecule has 0 fully saturated rings. The highest BCUT2D eigenvalue weighted by Crippen LogP contribution is 2.53. The number of benzene rings is 2. The fourth-order valence-electron chi connectivity index (χ4n) is 6.86. The number of carbonyl (C=O) groups is 8. The molecule has 0 spiro atoms. The lowest BCUT2D eigenvalue weighted by Crippen LogP contribution is -2.49. The van der Waals surface area contributed by atoms with Crippen LogP contribution in [0.25, 0.3) is 33.1 Å². The van der Waals surface area contributed by atoms with Crippen molar-refractivity contribution in [2.24, 2.45) is 22.9 Å². The molecule has 26 nitrogen and oxygen atoms in total. The molecule has 4 rings (SSSR count). The fourth-order valence-corrected chi connectivity index (χ4v) is 9.23. The van der Waals surface area contributed by atoms with E-state index in [0.29, 0.717) is 16.5 Å². The lowest BCUT2D eigenvalue weighted by Gasteiger charge is -2.20. The first kappa shape index (κ1) is 53.6. The van der Waals surface area contributed by atoms with Crippen molar-refractivity contribution in [1.82, 2.24) is 31.2 Å². The van der Waals surface area contributed by atoms with Crippen molar-refractivity contribution < 1.29 is 79.2 Å². The van der Waals surface area contributed by atoms with E-state index in [1.165, 1.54) is 0 Å². The standard InChI is InChI=1S/C40H52N10O16S2/c41-7-5-15-10-45-31-27(15)35(67-13-20(37(61)46-11-25(54)55)48-23(52)3-1-17(43)39(63)64)34(60)33(59)29(31)30-16(6-8-42)28-19(50-30)9-22(51)32(58)36(28)68-14-21(38(62)47-12-26(56)57)49-24(53)4-2-18(44)40(65)66/h9-10,17-18,20-21,45,50-51,58-60H,1-8,11-14,41-44H2,(H,46,61)(H,47,62)(H,48,52)(H,49,53)(H,54,55)(H,56,57)(H,63,64)(H,65,66)/t17-,18-,20+,21+/m0/s1. The number of rotatable bonds is 27. The van der Waals surface area contributed by atoms with Gasteiger partial charge in [-0.3, -0.25) is 38.4 Å². The van der Waals surface area contributed by atoms with Crippen LogP contribution < -0.4 is 44.2 Å². The third kappa shape index (κ3) is 13.3. The van der Waals surface area contributed by atoms with Crippen molar-refractivity contribution in [2.75, 3.05) is 37.7 Å². The van der Waals surface area contributed by atoms with Gasteiger partial charge in [-0.15, -0.1) is 23.5 Å². The van der Waals surface area contributed by atoms with Crippen molar-refractivity contribution in [1.29, 1.82) is 0 Å². The monoisotopic (exact) mass is 992 g/mol. The predicted octanol–water partition coefficient (Wildman–Crippen LogP) is -1.92. The van der Waals surface area contributed by atoms with E-state index in [9.17, 15) is 58.8 Å². The topological polar surface area (TPSA) is 482 Å². The third-order valence-electron chi connectivity index (χ3n) is 10.2. The number of thioether (sulfide) groups is 2. The van der Waals surface area contributed by atoms with Crippen LogP contribution in [0, 0.1) is 0 Å². The van der Waals surface area contributed by atoms with Crippen molar-refractivity contribution in [2.45, 2.75) is 72.5 Å². The summed E-state index contributed by atoms with van der Waals surface area (Å²) in [7, 11) is 0. The number of aliphatic carboxylic acids is 4. The molecule has 0 aliphatic rings. The second-order valence-electron chi connectivity index (χ2n) is 15.1. The van der Waals surface area contributed by atoms with Gasteiger partial charge in [0.25, 0.3) is 0 Å². The molecule has 0 aliphatic carbocycles. The zero-order chi connectivity index (χ0) is 50.6. The van der Waals surface area contributed by atoms with Gasteiger partial charge in [0.05, 0.1) is 32.1 Å². The molecule has 4 aromatic rings. The summed E-state index contributed by atoms with van der Waals surface area (Å²) in [5.74, 6) is -12.6. The Labute approximate surface area is 392 Å². The SMILES string of the molecule is NCCc1c(-c2c(O)c(O)c(SC[C@@H](NC(=O)CC[C@H](N)C(=O)O)C(=O)NCC(=O)O)c3c(CCN)c[nH]c23)[nH]c2cc(O)c(O)c(SC[C@@H](NC(=O)CC[C@H](N)C(=O)O)C(=O)NCC(=O)O)c12. The molecule has 2 aromatic carbocycles. The largest absolute Gasteiger partial charge is 0.504 e. The summed E-state index contributed by atoms with van der Waals surface area (Å²) in [5.41, 5.74) is 24.3. The second-order valence-corrected chi connectivity index (χ2v) is 17.1. The zero-order valence-electron chi connectivity index (χ0n) is 35.9. The molecule has 370 valence electrons. The Hall–Kier alpha value is -6.98. The normalized spacial score (nSPS) is 13.1. The van der Waals surface area contributed by atoms with Gasteiger partial charge >= 0.3 is 23.9 Å². The Morgan fingerprint density at radius 3 is 1.60 bits per heavy atom. The Balaban J connectivity index is 1.83. The van der Waals surface area contributed by atoms with Crippen LogP contribution in [0.2, 0.25) is 0 Å². The molecule has 0 saturated carbocycles. The van der Waals surface area contributed by atoms with Crippen molar-refractivity contribution >= 4 is 92.8 Å². The number of aromatic nitrogens is 2. The molecule has 28 heteroatoms. The van der Waals surface area contributed by atoms with E-state index in [4.69, 9.17) is 43.4 Å². The van der Waals surface area contributed by atoms with E-state index < -0.39 is 126 Å². The summed E-state index contributed by atoms with van der Waals surface area (Å²) in [6.45, 7) is -1.60. The summed E-state index contributed by atoms with van der Waals surface area (Å²) >= 11 is 1.55. The molecule has 0 unspecified atom stereocenters. The van der Waals surface area contributed by atoms with E-state index in [2.05, 4.69) is 31.2 Å². The highest BCUT2D eigenvalue weighted by atomic mass is 32.2. The van der Waals surface area contributed by atoms with E-state index >= 15 is 0 Å². The molecule has 4 amide bonds. The van der Waals surface area contributed by atoms with Crippen molar-refractivity contribution in [3.05, 3.63) is 23.4 Å². The van der Waals surface area contributed by atoms with Crippen LogP contribution in [-0.4, -0.2) is 160 Å². The number of carboxylic acid groups (broad SMARTS) is 4. The minimum Gasteiger partial charge on any atom is -0.504 e. The number of nitrogens with one attached hydrogen (secondary N) is 6. The number of aromatic amines is 2. The number of fused-ring (bicyclic) bond motifs is 2. The average Bonchev–Trinajstić information content (AvgIpc) is 3.85. The summed E-state index contributed by atoms with van der Waals surface area (Å²) in [5, 5.41) is 92.2. The second kappa shape index (κ2) is 24.2. The number of H-pyrrole nitrogens is 2. The van der Waals surface area contributed by atoms with Crippen LogP contribution in [0.3, 0.4) is 0 Å². The predicted molar refractivity (Wildman–Crippen MR) is 244 cm³/mol. The molecule has 0 aliphatic heterocycles. The molecule has 22 N–H and O–H groups in total. The average molecular weight is 993 g/mol. The molecule has 2 aromatic heterocycles. The van der Waals surface area contributed by atoms with E-state index in [1.807, 2.05) is 0 Å². The smallest absolute Gasteiger partial charge is 0.322 e. The molecular formula is C40H52N10O16S2. The zero-order valence-corrected chi connectivity index (χ0v) is 37.6. The van der Waals surface area contributed by atoms with Crippen LogP contribution in [-0.2, 0) is 51.2 Å². The first-order valence-electron chi connectivity index (χ1n) is 20.5. The first-order chi connectivity index (χ1) is 32.1. The Bertz CT molecular complexity index is 2580. The van der Waals surface area contributed by atoms with Crippen LogP contribution >= 0.6 is 23.5 Å². The minimum atomic E-state index is -1.49. The molecule has 4 atom stereocenters. The lowest BCUT2D eigenvalue weighted by atomic mass is 9.98. The maximum atomic E-state index is 13.2. The molecule has 2 heterocycles. The van der Waals surface area contributed by atoms with Gasteiger partial charge in [-0.1, -0.05) is 0 Å². The molecule has 0 radical (unpaired) electrons. The van der Waals surface area contributed by atoms with Gasteiger partial charge in [0.15, 0.2) is 23.0 Å². The summed E-state index contributed by atoms with van der Waals surface area (Å²) in [6.07, 6.45) is 0.325. The number of phenolic OH excluding ortho intramolecular Hbond substituents is 4.